The van der Waals surface area contributed by atoms with E-state index >= 15 is 0 Å². The fourth-order valence-electron chi connectivity index (χ4n) is 4.43. The highest BCUT2D eigenvalue weighted by Gasteiger charge is 2.34. The van der Waals surface area contributed by atoms with E-state index < -0.39 is 17.6 Å². The van der Waals surface area contributed by atoms with Crippen LogP contribution in [0.15, 0.2) is 24.4 Å². The number of rotatable bonds is 6. The largest absolute Gasteiger partial charge is 0.384 e. The van der Waals surface area contributed by atoms with Gasteiger partial charge in [0.15, 0.2) is 5.82 Å². The molecule has 3 aromatic rings. The van der Waals surface area contributed by atoms with E-state index in [0.29, 0.717) is 41.9 Å². The van der Waals surface area contributed by atoms with Gasteiger partial charge in [-0.15, -0.1) is 0 Å². The number of carbonyl (C=O) groups is 1. The number of H-pyrrole nitrogens is 1. The molecule has 1 aliphatic carbocycles. The Labute approximate surface area is 196 Å². The van der Waals surface area contributed by atoms with Gasteiger partial charge in [-0.3, -0.25) is 9.89 Å². The quantitative estimate of drug-likeness (QED) is 0.408. The Balaban J connectivity index is 1.40. The van der Waals surface area contributed by atoms with Crippen LogP contribution in [-0.2, 0) is 23.2 Å². The van der Waals surface area contributed by atoms with Gasteiger partial charge in [0, 0.05) is 18.2 Å². The van der Waals surface area contributed by atoms with Crippen molar-refractivity contribution >= 4 is 29.2 Å². The zero-order valence-corrected chi connectivity index (χ0v) is 19.1. The van der Waals surface area contributed by atoms with Gasteiger partial charge >= 0.3 is 0 Å². The normalized spacial score (nSPS) is 17.6. The molecule has 10 nitrogen and oxygen atoms in total. The van der Waals surface area contributed by atoms with Crippen LogP contribution in [0.5, 0.6) is 0 Å². The standard InChI is InChI=1S/C23H27FN8O2/c1-23(2,34)17-11-19(31-30-17)28-20-14-5-3-6-15(14)27-22(29-20)32-10-4-7-16(32)21(33)26-13-8-9-18(24)25-12-13/h8-9,11-12,16,34H,3-7,10H2,1-2H3,(H,26,33)(H2,27,28,29,30,31)/t16-/m1/s1. The second-order valence-electron chi connectivity index (χ2n) is 9.21. The highest BCUT2D eigenvalue weighted by atomic mass is 19.1. The molecule has 0 unspecified atom stereocenters. The number of hydrogen-bond donors (Lipinski definition) is 4. The Morgan fingerprint density at radius 1 is 1.26 bits per heavy atom. The number of halogens is 1. The van der Waals surface area contributed by atoms with Crippen molar-refractivity contribution in [1.29, 1.82) is 0 Å². The molecule has 2 aliphatic rings. The second-order valence-corrected chi connectivity index (χ2v) is 9.21. The van der Waals surface area contributed by atoms with Crippen molar-refractivity contribution in [1.82, 2.24) is 25.1 Å². The molecule has 5 rings (SSSR count). The SMILES string of the molecule is CC(C)(O)c1cc(Nc2nc(N3CCC[C@@H]3C(=O)Nc3ccc(F)nc3)nc3c2CCC3)n[nH]1. The Morgan fingerprint density at radius 3 is 2.85 bits per heavy atom. The molecule has 0 bridgehead atoms. The molecule has 0 saturated carbocycles. The molecule has 0 radical (unpaired) electrons. The van der Waals surface area contributed by atoms with Crippen LogP contribution in [0, 0.1) is 5.95 Å². The molecule has 1 aliphatic heterocycles. The molecule has 1 atom stereocenters. The van der Waals surface area contributed by atoms with E-state index in [-0.39, 0.29) is 5.91 Å². The summed E-state index contributed by atoms with van der Waals surface area (Å²) in [6.07, 6.45) is 5.49. The maximum Gasteiger partial charge on any atom is 0.247 e. The van der Waals surface area contributed by atoms with Gasteiger partial charge in [0.05, 0.1) is 23.3 Å². The van der Waals surface area contributed by atoms with E-state index in [2.05, 4.69) is 25.8 Å². The van der Waals surface area contributed by atoms with Gasteiger partial charge in [-0.2, -0.15) is 14.5 Å². The van der Waals surface area contributed by atoms with Crippen LogP contribution in [0.4, 0.5) is 27.7 Å². The number of aryl methyl sites for hydroxylation is 1. The summed E-state index contributed by atoms with van der Waals surface area (Å²) in [5, 5.41) is 23.4. The van der Waals surface area contributed by atoms with Gasteiger partial charge in [0.2, 0.25) is 17.8 Å². The third-order valence-corrected chi connectivity index (χ3v) is 6.21. The van der Waals surface area contributed by atoms with E-state index in [1.54, 1.807) is 19.9 Å². The number of aliphatic hydroxyl groups is 1. The van der Waals surface area contributed by atoms with E-state index in [9.17, 15) is 14.3 Å². The maximum atomic E-state index is 13.1. The smallest absolute Gasteiger partial charge is 0.247 e. The van der Waals surface area contributed by atoms with Crippen LogP contribution in [0.25, 0.3) is 0 Å². The Hall–Kier alpha value is -3.60. The molecule has 4 heterocycles. The van der Waals surface area contributed by atoms with E-state index in [4.69, 9.17) is 9.97 Å². The topological polar surface area (TPSA) is 132 Å². The summed E-state index contributed by atoms with van der Waals surface area (Å²) in [7, 11) is 0. The zero-order chi connectivity index (χ0) is 23.9. The first kappa shape index (κ1) is 22.2. The minimum atomic E-state index is -1.04. The fraction of sp³-hybridized carbons (Fsp3) is 0.435. The molecule has 1 amide bonds. The molecule has 1 saturated heterocycles. The molecule has 0 aromatic carbocycles. The summed E-state index contributed by atoms with van der Waals surface area (Å²) in [5.41, 5.74) is 2.01. The number of anilines is 4. The van der Waals surface area contributed by atoms with E-state index in [1.165, 1.54) is 18.3 Å². The highest BCUT2D eigenvalue weighted by Crippen LogP contribution is 2.33. The lowest BCUT2D eigenvalue weighted by Crippen LogP contribution is -2.40. The molecule has 34 heavy (non-hydrogen) atoms. The molecule has 4 N–H and O–H groups in total. The maximum absolute atomic E-state index is 13.1. The van der Waals surface area contributed by atoms with Crippen molar-refractivity contribution in [2.24, 2.45) is 0 Å². The van der Waals surface area contributed by atoms with E-state index in [0.717, 1.165) is 36.9 Å². The highest BCUT2D eigenvalue weighted by molar-refractivity contribution is 5.96. The lowest BCUT2D eigenvalue weighted by atomic mass is 10.1. The molecule has 178 valence electrons. The zero-order valence-electron chi connectivity index (χ0n) is 19.1. The van der Waals surface area contributed by atoms with Gasteiger partial charge in [0.1, 0.15) is 17.5 Å². The van der Waals surface area contributed by atoms with Crippen LogP contribution in [-0.4, -0.2) is 48.7 Å². The number of carbonyl (C=O) groups excluding carboxylic acids is 1. The summed E-state index contributed by atoms with van der Waals surface area (Å²) in [4.78, 5) is 28.1. The van der Waals surface area contributed by atoms with Crippen LogP contribution in [0.1, 0.15) is 50.1 Å². The second kappa shape index (κ2) is 8.64. The predicted molar refractivity (Wildman–Crippen MR) is 124 cm³/mol. The molecule has 3 aromatic heterocycles. The van der Waals surface area contributed by atoms with Crippen LogP contribution in [0.3, 0.4) is 0 Å². The summed E-state index contributed by atoms with van der Waals surface area (Å²) in [5.74, 6) is 0.914. The van der Waals surface area contributed by atoms with Gasteiger partial charge in [-0.05, 0) is 58.1 Å². The third-order valence-electron chi connectivity index (χ3n) is 6.21. The fourth-order valence-corrected chi connectivity index (χ4v) is 4.43. The number of hydrogen-bond acceptors (Lipinski definition) is 8. The number of fused-ring (bicyclic) bond motifs is 1. The summed E-state index contributed by atoms with van der Waals surface area (Å²) < 4.78 is 13.1. The van der Waals surface area contributed by atoms with E-state index in [1.807, 2.05) is 4.90 Å². The van der Waals surface area contributed by atoms with Crippen molar-refractivity contribution in [3.8, 4) is 0 Å². The van der Waals surface area contributed by atoms with Gasteiger partial charge in [-0.25, -0.2) is 9.97 Å². The van der Waals surface area contributed by atoms with Crippen LogP contribution < -0.4 is 15.5 Å². The monoisotopic (exact) mass is 466 g/mol. The lowest BCUT2D eigenvalue weighted by Gasteiger charge is -2.25. The average molecular weight is 467 g/mol. The van der Waals surface area contributed by atoms with Crippen molar-refractivity contribution < 1.29 is 14.3 Å². The third kappa shape index (κ3) is 4.43. The minimum Gasteiger partial charge on any atom is -0.384 e. The first-order chi connectivity index (χ1) is 16.3. The summed E-state index contributed by atoms with van der Waals surface area (Å²) in [6.45, 7) is 4.03. The molecule has 0 spiro atoms. The van der Waals surface area contributed by atoms with Gasteiger partial charge in [0.25, 0.3) is 0 Å². The van der Waals surface area contributed by atoms with Crippen molar-refractivity contribution in [3.63, 3.8) is 0 Å². The minimum absolute atomic E-state index is 0.202. The molecular weight excluding hydrogens is 439 g/mol. The number of aromatic nitrogens is 5. The van der Waals surface area contributed by atoms with Crippen molar-refractivity contribution in [2.45, 2.75) is 57.6 Å². The molecular formula is C23H27FN8O2. The average Bonchev–Trinajstić information content (AvgIpc) is 3.55. The summed E-state index contributed by atoms with van der Waals surface area (Å²) >= 11 is 0. The lowest BCUT2D eigenvalue weighted by molar-refractivity contribution is -0.117. The molecule has 1 fully saturated rings. The number of aromatic amines is 1. The Kier molecular flexibility index (Phi) is 5.64. The Morgan fingerprint density at radius 2 is 2.12 bits per heavy atom. The van der Waals surface area contributed by atoms with Gasteiger partial charge < -0.3 is 20.6 Å². The van der Waals surface area contributed by atoms with Crippen molar-refractivity contribution in [3.05, 3.63) is 47.3 Å². The number of amides is 1. The number of nitrogens with zero attached hydrogens (tertiary/aromatic N) is 5. The van der Waals surface area contributed by atoms with Crippen LogP contribution in [0.2, 0.25) is 0 Å². The first-order valence-electron chi connectivity index (χ1n) is 11.4. The van der Waals surface area contributed by atoms with Gasteiger partial charge in [-0.1, -0.05) is 0 Å². The number of nitrogens with one attached hydrogen (secondary N) is 3. The van der Waals surface area contributed by atoms with Crippen LogP contribution >= 0.6 is 0 Å². The first-order valence-corrected chi connectivity index (χ1v) is 11.4. The molecule has 11 heteroatoms. The Bertz CT molecular complexity index is 1200. The van der Waals surface area contributed by atoms with Crippen molar-refractivity contribution in [2.75, 3.05) is 22.1 Å². The number of pyridine rings is 1. The predicted octanol–water partition coefficient (Wildman–Crippen LogP) is 2.80. The summed E-state index contributed by atoms with van der Waals surface area (Å²) in [6, 6.07) is 4.01.